The molecule has 2 heterocycles. The summed E-state index contributed by atoms with van der Waals surface area (Å²) in [5, 5.41) is 2.59. The second-order valence-electron chi connectivity index (χ2n) is 6.08. The van der Waals surface area contributed by atoms with Gasteiger partial charge in [-0.15, -0.1) is 0 Å². The molecule has 2 aromatic rings. The summed E-state index contributed by atoms with van der Waals surface area (Å²) in [6, 6.07) is 9.08. The SMILES string of the molecule is O=C(NCc1ccc(S(=O)(=O)N2CCOCC2)cc1)c1cccnc1SC(F)F. The standard InChI is InChI=1S/C18H19F2N3O4S2/c19-18(20)28-17-15(2-1-7-21-17)16(24)22-12-13-3-5-14(6-4-13)29(25,26)23-8-10-27-11-9-23/h1-7,18H,8-12H2,(H,22,24). The van der Waals surface area contributed by atoms with Crippen LogP contribution in [0.2, 0.25) is 0 Å². The summed E-state index contributed by atoms with van der Waals surface area (Å²) < 4.78 is 57.0. The van der Waals surface area contributed by atoms with Crippen LogP contribution in [0.15, 0.2) is 52.5 Å². The molecule has 11 heteroatoms. The second-order valence-corrected chi connectivity index (χ2v) is 8.99. The van der Waals surface area contributed by atoms with Gasteiger partial charge in [-0.05, 0) is 41.6 Å². The summed E-state index contributed by atoms with van der Waals surface area (Å²) in [7, 11) is -3.59. The lowest BCUT2D eigenvalue weighted by Gasteiger charge is -2.26. The van der Waals surface area contributed by atoms with Gasteiger partial charge in [-0.1, -0.05) is 12.1 Å². The van der Waals surface area contributed by atoms with Crippen molar-refractivity contribution in [2.75, 3.05) is 26.3 Å². The molecule has 156 valence electrons. The van der Waals surface area contributed by atoms with Crippen molar-refractivity contribution in [2.45, 2.75) is 22.2 Å². The first-order valence-corrected chi connectivity index (χ1v) is 11.0. The van der Waals surface area contributed by atoms with E-state index in [2.05, 4.69) is 10.3 Å². The smallest absolute Gasteiger partial charge is 0.290 e. The molecule has 1 fully saturated rings. The van der Waals surface area contributed by atoms with Gasteiger partial charge in [-0.25, -0.2) is 13.4 Å². The zero-order valence-electron chi connectivity index (χ0n) is 15.3. The highest BCUT2D eigenvalue weighted by Crippen LogP contribution is 2.26. The maximum atomic E-state index is 12.6. The van der Waals surface area contributed by atoms with E-state index in [-0.39, 0.29) is 33.8 Å². The molecule has 1 aromatic carbocycles. The molecule has 1 N–H and O–H groups in total. The van der Waals surface area contributed by atoms with E-state index in [1.165, 1.54) is 34.8 Å². The molecular formula is C18H19F2N3O4S2. The third-order valence-electron chi connectivity index (χ3n) is 4.20. The first-order chi connectivity index (χ1) is 13.9. The number of carbonyl (C=O) groups is 1. The van der Waals surface area contributed by atoms with Gasteiger partial charge >= 0.3 is 0 Å². The zero-order chi connectivity index (χ0) is 20.9. The van der Waals surface area contributed by atoms with Crippen LogP contribution in [-0.2, 0) is 21.3 Å². The van der Waals surface area contributed by atoms with Gasteiger partial charge in [0.25, 0.3) is 11.7 Å². The van der Waals surface area contributed by atoms with Crippen LogP contribution in [0.5, 0.6) is 0 Å². The number of benzene rings is 1. The molecule has 1 aromatic heterocycles. The van der Waals surface area contributed by atoms with Crippen LogP contribution in [-0.4, -0.2) is 55.7 Å². The fraction of sp³-hybridized carbons (Fsp3) is 0.333. The first-order valence-electron chi connectivity index (χ1n) is 8.73. The number of aromatic nitrogens is 1. The highest BCUT2D eigenvalue weighted by atomic mass is 32.2. The lowest BCUT2D eigenvalue weighted by Crippen LogP contribution is -2.40. The van der Waals surface area contributed by atoms with Crippen molar-refractivity contribution in [3.63, 3.8) is 0 Å². The molecule has 0 atom stereocenters. The molecule has 0 spiro atoms. The van der Waals surface area contributed by atoms with E-state index < -0.39 is 21.7 Å². The Morgan fingerprint density at radius 1 is 1.21 bits per heavy atom. The largest absolute Gasteiger partial charge is 0.379 e. The normalized spacial score (nSPS) is 15.4. The minimum absolute atomic E-state index is 0.0491. The average molecular weight is 443 g/mol. The number of thioether (sulfide) groups is 1. The Kier molecular flexibility index (Phi) is 7.17. The monoisotopic (exact) mass is 443 g/mol. The van der Waals surface area contributed by atoms with Crippen molar-refractivity contribution in [3.8, 4) is 0 Å². The van der Waals surface area contributed by atoms with Crippen LogP contribution in [0.3, 0.4) is 0 Å². The van der Waals surface area contributed by atoms with E-state index in [0.717, 1.165) is 0 Å². The maximum absolute atomic E-state index is 12.6. The van der Waals surface area contributed by atoms with E-state index in [1.54, 1.807) is 12.1 Å². The van der Waals surface area contributed by atoms with Crippen molar-refractivity contribution in [1.29, 1.82) is 0 Å². The number of morpholine rings is 1. The fourth-order valence-electron chi connectivity index (χ4n) is 2.73. The van der Waals surface area contributed by atoms with E-state index in [9.17, 15) is 22.0 Å². The molecule has 1 amide bonds. The Bertz CT molecular complexity index is 950. The molecular weight excluding hydrogens is 424 g/mol. The third-order valence-corrected chi connectivity index (χ3v) is 6.84. The van der Waals surface area contributed by atoms with E-state index in [4.69, 9.17) is 4.74 Å². The number of nitrogens with one attached hydrogen (secondary N) is 1. The van der Waals surface area contributed by atoms with Gasteiger partial charge in [0.05, 0.1) is 23.7 Å². The molecule has 0 bridgehead atoms. The highest BCUT2D eigenvalue weighted by molar-refractivity contribution is 7.99. The van der Waals surface area contributed by atoms with Gasteiger partial charge < -0.3 is 10.1 Å². The predicted molar refractivity (Wildman–Crippen MR) is 103 cm³/mol. The number of hydrogen-bond donors (Lipinski definition) is 1. The highest BCUT2D eigenvalue weighted by Gasteiger charge is 2.26. The van der Waals surface area contributed by atoms with Crippen LogP contribution in [0.1, 0.15) is 15.9 Å². The van der Waals surface area contributed by atoms with Gasteiger partial charge in [0.1, 0.15) is 5.03 Å². The number of rotatable bonds is 7. The van der Waals surface area contributed by atoms with Crippen molar-refractivity contribution in [3.05, 3.63) is 53.7 Å². The summed E-state index contributed by atoms with van der Waals surface area (Å²) in [5.41, 5.74) is 0.732. The van der Waals surface area contributed by atoms with Gasteiger partial charge in [-0.3, -0.25) is 4.79 Å². The molecule has 1 saturated heterocycles. The fourth-order valence-corrected chi connectivity index (χ4v) is 4.72. The molecule has 3 rings (SSSR count). The Labute approximate surface area is 171 Å². The van der Waals surface area contributed by atoms with Crippen molar-refractivity contribution >= 4 is 27.7 Å². The maximum Gasteiger partial charge on any atom is 0.290 e. The number of hydrogen-bond acceptors (Lipinski definition) is 6. The van der Waals surface area contributed by atoms with Crippen molar-refractivity contribution < 1.29 is 26.7 Å². The molecule has 1 aliphatic heterocycles. The van der Waals surface area contributed by atoms with Gasteiger partial charge in [0.2, 0.25) is 10.0 Å². The number of ether oxygens (including phenoxy) is 1. The van der Waals surface area contributed by atoms with Crippen LogP contribution >= 0.6 is 11.8 Å². The number of pyridine rings is 1. The lowest BCUT2D eigenvalue weighted by molar-refractivity contribution is 0.0730. The van der Waals surface area contributed by atoms with Crippen LogP contribution in [0.4, 0.5) is 8.78 Å². The van der Waals surface area contributed by atoms with Gasteiger partial charge in [0, 0.05) is 25.8 Å². The number of amides is 1. The quantitative estimate of drug-likeness (QED) is 0.661. The van der Waals surface area contributed by atoms with Gasteiger partial charge in [0.15, 0.2) is 0 Å². The number of halogens is 2. The number of nitrogens with zero attached hydrogens (tertiary/aromatic N) is 2. The molecule has 29 heavy (non-hydrogen) atoms. The minimum atomic E-state index is -3.59. The molecule has 7 nitrogen and oxygen atoms in total. The van der Waals surface area contributed by atoms with E-state index in [1.807, 2.05) is 0 Å². The van der Waals surface area contributed by atoms with E-state index >= 15 is 0 Å². The molecule has 1 aliphatic rings. The topological polar surface area (TPSA) is 88.6 Å². The van der Waals surface area contributed by atoms with E-state index in [0.29, 0.717) is 31.9 Å². The lowest BCUT2D eigenvalue weighted by atomic mass is 10.2. The van der Waals surface area contributed by atoms with Crippen LogP contribution in [0.25, 0.3) is 0 Å². The Morgan fingerprint density at radius 3 is 2.55 bits per heavy atom. The average Bonchev–Trinajstić information content (AvgIpc) is 2.73. The second kappa shape index (κ2) is 9.61. The summed E-state index contributed by atoms with van der Waals surface area (Å²) >= 11 is 0.208. The molecule has 0 radical (unpaired) electrons. The zero-order valence-corrected chi connectivity index (χ0v) is 16.9. The summed E-state index contributed by atoms with van der Waals surface area (Å²) in [6.45, 7) is 1.46. The number of sulfonamides is 1. The number of alkyl halides is 2. The molecule has 0 saturated carbocycles. The van der Waals surface area contributed by atoms with Crippen LogP contribution < -0.4 is 5.32 Å². The van der Waals surface area contributed by atoms with Crippen molar-refractivity contribution in [2.24, 2.45) is 0 Å². The summed E-state index contributed by atoms with van der Waals surface area (Å²) in [6.07, 6.45) is 1.34. The summed E-state index contributed by atoms with van der Waals surface area (Å²) in [4.78, 5) is 16.3. The Morgan fingerprint density at radius 2 is 1.90 bits per heavy atom. The Hall–Kier alpha value is -2.08. The minimum Gasteiger partial charge on any atom is -0.379 e. The van der Waals surface area contributed by atoms with Crippen molar-refractivity contribution in [1.82, 2.24) is 14.6 Å². The molecule has 0 aliphatic carbocycles. The summed E-state index contributed by atoms with van der Waals surface area (Å²) in [5.74, 6) is -3.22. The van der Waals surface area contributed by atoms with Gasteiger partial charge in [-0.2, -0.15) is 13.1 Å². The Balaban J connectivity index is 1.64. The first kappa shape index (κ1) is 21.6. The number of carbonyl (C=O) groups excluding carboxylic acids is 1. The predicted octanol–water partition coefficient (Wildman–Crippen LogP) is 2.35. The van der Waals surface area contributed by atoms with Crippen LogP contribution in [0, 0.1) is 0 Å². The third kappa shape index (κ3) is 5.50. The molecule has 0 unspecified atom stereocenters.